The first-order chi connectivity index (χ1) is 9.88. The number of anilines is 1. The van der Waals surface area contributed by atoms with Crippen LogP contribution in [0.1, 0.15) is 20.7 Å². The Morgan fingerprint density at radius 1 is 1.29 bits per heavy atom. The van der Waals surface area contributed by atoms with Crippen molar-refractivity contribution in [2.45, 2.75) is 0 Å². The summed E-state index contributed by atoms with van der Waals surface area (Å²) >= 11 is 9.70. The molecule has 1 N–H and O–H groups in total. The molecule has 2 rings (SSSR count). The summed E-state index contributed by atoms with van der Waals surface area (Å²) in [5.41, 5.74) is 1.50. The van der Waals surface area contributed by atoms with Gasteiger partial charge in [-0.25, -0.2) is 0 Å². The molecule has 4 nitrogen and oxygen atoms in total. The molecule has 0 unspecified atom stereocenters. The summed E-state index contributed by atoms with van der Waals surface area (Å²) in [6.07, 6.45) is 0. The first-order valence-corrected chi connectivity index (χ1v) is 8.28. The molecule has 7 heteroatoms. The van der Waals surface area contributed by atoms with Crippen molar-refractivity contribution in [2.24, 2.45) is 0 Å². The summed E-state index contributed by atoms with van der Waals surface area (Å²) in [6, 6.07) is 6.66. The zero-order valence-electron chi connectivity index (χ0n) is 11.3. The molecule has 1 aromatic carbocycles. The zero-order valence-corrected chi connectivity index (χ0v) is 15.0. The minimum Gasteiger partial charge on any atom is -0.345 e. The van der Waals surface area contributed by atoms with E-state index in [1.165, 1.54) is 16.2 Å². The van der Waals surface area contributed by atoms with Crippen LogP contribution in [0.4, 0.5) is 5.69 Å². The van der Waals surface area contributed by atoms with Crippen molar-refractivity contribution in [2.75, 3.05) is 19.4 Å². The van der Waals surface area contributed by atoms with Crippen molar-refractivity contribution in [3.8, 4) is 0 Å². The maximum Gasteiger partial charge on any atom is 0.256 e. The Labute approximate surface area is 145 Å². The van der Waals surface area contributed by atoms with Crippen molar-refractivity contribution < 1.29 is 9.59 Å². The molecule has 1 heterocycles. The molecule has 0 fully saturated rings. The highest BCUT2D eigenvalue weighted by atomic mass is 127. The lowest BCUT2D eigenvalue weighted by atomic mass is 10.1. The summed E-state index contributed by atoms with van der Waals surface area (Å²) in [4.78, 5) is 25.5. The number of amides is 2. The monoisotopic (exact) mass is 434 g/mol. The van der Waals surface area contributed by atoms with Crippen LogP contribution in [0.3, 0.4) is 0 Å². The van der Waals surface area contributed by atoms with Crippen LogP contribution in [0.5, 0.6) is 0 Å². The Kier molecular flexibility index (Phi) is 5.23. The highest BCUT2D eigenvalue weighted by Gasteiger charge is 2.15. The maximum absolute atomic E-state index is 12.1. The number of carbonyl (C=O) groups is 2. The molecule has 21 heavy (non-hydrogen) atoms. The van der Waals surface area contributed by atoms with Gasteiger partial charge in [-0.15, -0.1) is 11.3 Å². The highest BCUT2D eigenvalue weighted by Crippen LogP contribution is 2.23. The molecule has 0 atom stereocenters. The average molecular weight is 435 g/mol. The van der Waals surface area contributed by atoms with Gasteiger partial charge in [-0.1, -0.05) is 11.6 Å². The standard InChI is InChI=1S/C14H12ClIN2O2S/c1-18(2)14(20)10-6-9(3-4-11(10)15)17-13(19)8-5-12(16)21-7-8/h3-7H,1-2H3,(H,17,19). The third-order valence-corrected chi connectivity index (χ3v) is 4.81. The van der Waals surface area contributed by atoms with E-state index in [4.69, 9.17) is 11.6 Å². The van der Waals surface area contributed by atoms with Crippen molar-refractivity contribution in [3.05, 3.63) is 48.7 Å². The zero-order chi connectivity index (χ0) is 15.6. The van der Waals surface area contributed by atoms with Crippen LogP contribution in [0.25, 0.3) is 0 Å². The molecular weight excluding hydrogens is 423 g/mol. The van der Waals surface area contributed by atoms with Gasteiger partial charge in [-0.3, -0.25) is 9.59 Å². The van der Waals surface area contributed by atoms with Crippen LogP contribution in [0, 0.1) is 2.88 Å². The second-order valence-electron chi connectivity index (χ2n) is 4.49. The fourth-order valence-corrected chi connectivity index (χ4v) is 3.17. The number of carbonyl (C=O) groups excluding carboxylic acids is 2. The Balaban J connectivity index is 2.23. The van der Waals surface area contributed by atoms with E-state index in [2.05, 4.69) is 27.9 Å². The molecule has 110 valence electrons. The Morgan fingerprint density at radius 2 is 2.00 bits per heavy atom. The van der Waals surface area contributed by atoms with Gasteiger partial charge < -0.3 is 10.2 Å². The molecule has 0 bridgehead atoms. The van der Waals surface area contributed by atoms with Crippen molar-refractivity contribution >= 4 is 63.0 Å². The van der Waals surface area contributed by atoms with Gasteiger partial charge in [-0.2, -0.15) is 0 Å². The van der Waals surface area contributed by atoms with Gasteiger partial charge in [0.15, 0.2) is 0 Å². The van der Waals surface area contributed by atoms with E-state index in [0.717, 1.165) is 2.88 Å². The Morgan fingerprint density at radius 3 is 2.57 bits per heavy atom. The quantitative estimate of drug-likeness (QED) is 0.744. The summed E-state index contributed by atoms with van der Waals surface area (Å²) in [6.45, 7) is 0. The lowest BCUT2D eigenvalue weighted by Crippen LogP contribution is -2.22. The number of hydrogen-bond donors (Lipinski definition) is 1. The molecule has 0 saturated carbocycles. The van der Waals surface area contributed by atoms with Crippen LogP contribution >= 0.6 is 45.5 Å². The van der Waals surface area contributed by atoms with Gasteiger partial charge in [0, 0.05) is 25.2 Å². The second-order valence-corrected chi connectivity index (χ2v) is 7.70. The van der Waals surface area contributed by atoms with Crippen LogP contribution in [0.2, 0.25) is 5.02 Å². The van der Waals surface area contributed by atoms with Crippen LogP contribution < -0.4 is 5.32 Å². The molecule has 0 aliphatic rings. The topological polar surface area (TPSA) is 49.4 Å². The van der Waals surface area contributed by atoms with Gasteiger partial charge in [0.2, 0.25) is 0 Å². The first kappa shape index (κ1) is 16.3. The Bertz CT molecular complexity index is 700. The van der Waals surface area contributed by atoms with Crippen LogP contribution in [-0.2, 0) is 0 Å². The molecule has 1 aromatic heterocycles. The van der Waals surface area contributed by atoms with Gasteiger partial charge in [0.1, 0.15) is 0 Å². The minimum atomic E-state index is -0.209. The van der Waals surface area contributed by atoms with Crippen molar-refractivity contribution in [1.82, 2.24) is 4.90 Å². The van der Waals surface area contributed by atoms with Gasteiger partial charge in [0.05, 0.1) is 19.0 Å². The summed E-state index contributed by atoms with van der Waals surface area (Å²) in [5.74, 6) is -0.416. The predicted molar refractivity (Wildman–Crippen MR) is 94.5 cm³/mol. The lowest BCUT2D eigenvalue weighted by Gasteiger charge is -2.13. The molecule has 2 amide bonds. The number of benzene rings is 1. The van der Waals surface area contributed by atoms with E-state index in [1.54, 1.807) is 37.7 Å². The second kappa shape index (κ2) is 6.76. The van der Waals surface area contributed by atoms with E-state index in [0.29, 0.717) is 21.8 Å². The van der Waals surface area contributed by atoms with Gasteiger partial charge in [0.25, 0.3) is 11.8 Å². The molecule has 2 aromatic rings. The van der Waals surface area contributed by atoms with E-state index < -0.39 is 0 Å². The smallest absolute Gasteiger partial charge is 0.256 e. The SMILES string of the molecule is CN(C)C(=O)c1cc(NC(=O)c2csc(I)c2)ccc1Cl. The van der Waals surface area contributed by atoms with E-state index >= 15 is 0 Å². The van der Waals surface area contributed by atoms with E-state index in [9.17, 15) is 9.59 Å². The number of hydrogen-bond acceptors (Lipinski definition) is 3. The fourth-order valence-electron chi connectivity index (χ4n) is 1.64. The Hall–Kier alpha value is -1.12. The largest absolute Gasteiger partial charge is 0.345 e. The van der Waals surface area contributed by atoms with E-state index in [-0.39, 0.29) is 11.8 Å². The third-order valence-electron chi connectivity index (χ3n) is 2.69. The number of thiophene rings is 1. The lowest BCUT2D eigenvalue weighted by molar-refractivity contribution is 0.0827. The minimum absolute atomic E-state index is 0.207. The van der Waals surface area contributed by atoms with Gasteiger partial charge >= 0.3 is 0 Å². The number of rotatable bonds is 3. The van der Waals surface area contributed by atoms with Crippen molar-refractivity contribution in [3.63, 3.8) is 0 Å². The van der Waals surface area contributed by atoms with Gasteiger partial charge in [-0.05, 0) is 46.9 Å². The molecule has 0 saturated heterocycles. The molecular formula is C14H12ClIN2O2S. The fraction of sp³-hybridized carbons (Fsp3) is 0.143. The van der Waals surface area contributed by atoms with Crippen LogP contribution in [0.15, 0.2) is 29.6 Å². The normalized spacial score (nSPS) is 10.3. The maximum atomic E-state index is 12.1. The van der Waals surface area contributed by atoms with Crippen molar-refractivity contribution in [1.29, 1.82) is 0 Å². The predicted octanol–water partition coefficient (Wildman–Crippen LogP) is 3.96. The summed E-state index contributed by atoms with van der Waals surface area (Å²) in [5, 5.41) is 4.92. The molecule has 0 aliphatic carbocycles. The average Bonchev–Trinajstić information content (AvgIpc) is 2.86. The number of nitrogens with zero attached hydrogens (tertiary/aromatic N) is 1. The molecule has 0 radical (unpaired) electrons. The highest BCUT2D eigenvalue weighted by molar-refractivity contribution is 14.1. The number of nitrogens with one attached hydrogen (secondary N) is 1. The third kappa shape index (κ3) is 3.96. The number of halogens is 2. The van der Waals surface area contributed by atoms with Crippen LogP contribution in [-0.4, -0.2) is 30.8 Å². The summed E-state index contributed by atoms with van der Waals surface area (Å²) in [7, 11) is 3.30. The molecule has 0 spiro atoms. The first-order valence-electron chi connectivity index (χ1n) is 5.95. The summed E-state index contributed by atoms with van der Waals surface area (Å²) < 4.78 is 1.04. The van der Waals surface area contributed by atoms with E-state index in [1.807, 2.05) is 6.07 Å². The molecule has 0 aliphatic heterocycles.